The molecule has 16 heavy (non-hydrogen) atoms. The maximum Gasteiger partial charge on any atom is 0.314 e. The van der Waals surface area contributed by atoms with E-state index in [0.29, 0.717) is 0 Å². The molecule has 8 heteroatoms. The fraction of sp³-hybridized carbons (Fsp3) is 0.875. The number of aliphatic hydroxyl groups excluding tert-OH is 4. The minimum atomic E-state index is -1.59. The molecule has 1 aliphatic heterocycles. The van der Waals surface area contributed by atoms with Crippen molar-refractivity contribution in [2.24, 2.45) is 0 Å². The van der Waals surface area contributed by atoms with Crippen molar-refractivity contribution in [3.63, 3.8) is 0 Å². The second kappa shape index (κ2) is 5.41. The van der Waals surface area contributed by atoms with Crippen molar-refractivity contribution in [1.82, 2.24) is 10.6 Å². The minimum absolute atomic E-state index is 0.0956. The average molecular weight is 236 g/mol. The topological polar surface area (TPSA) is 131 Å². The quantitative estimate of drug-likeness (QED) is 0.298. The summed E-state index contributed by atoms with van der Waals surface area (Å²) in [5.74, 6) is 0. The fourth-order valence-electron chi connectivity index (χ4n) is 1.38. The number of ether oxygens (including phenoxy) is 1. The monoisotopic (exact) mass is 236 g/mol. The first-order valence-corrected chi connectivity index (χ1v) is 4.80. The van der Waals surface area contributed by atoms with E-state index in [-0.39, 0.29) is 6.54 Å². The smallest absolute Gasteiger partial charge is 0.314 e. The molecule has 1 aliphatic rings. The summed E-state index contributed by atoms with van der Waals surface area (Å²) in [6.45, 7) is -0.0956. The Hall–Kier alpha value is -0.930. The summed E-state index contributed by atoms with van der Waals surface area (Å²) >= 11 is 0. The molecule has 94 valence electrons. The van der Waals surface area contributed by atoms with Crippen LogP contribution in [0.4, 0.5) is 4.79 Å². The van der Waals surface area contributed by atoms with Crippen LogP contribution < -0.4 is 10.6 Å². The van der Waals surface area contributed by atoms with Crippen LogP contribution in [0.5, 0.6) is 0 Å². The van der Waals surface area contributed by atoms with E-state index in [1.165, 1.54) is 7.05 Å². The molecule has 5 atom stereocenters. The third-order valence-electron chi connectivity index (χ3n) is 2.38. The van der Waals surface area contributed by atoms with Crippen LogP contribution in [0.1, 0.15) is 0 Å². The third kappa shape index (κ3) is 2.80. The van der Waals surface area contributed by atoms with E-state index in [4.69, 9.17) is 4.74 Å². The predicted molar refractivity (Wildman–Crippen MR) is 51.4 cm³/mol. The van der Waals surface area contributed by atoms with Gasteiger partial charge in [-0.3, -0.25) is 0 Å². The van der Waals surface area contributed by atoms with Crippen LogP contribution in [0.25, 0.3) is 0 Å². The number of aliphatic hydroxyl groups is 4. The average Bonchev–Trinajstić information content (AvgIpc) is 2.28. The number of hydrogen-bond acceptors (Lipinski definition) is 6. The molecule has 1 heterocycles. The van der Waals surface area contributed by atoms with Crippen molar-refractivity contribution < 1.29 is 30.0 Å². The summed E-state index contributed by atoms with van der Waals surface area (Å²) < 4.78 is 4.83. The molecule has 8 nitrogen and oxygen atoms in total. The van der Waals surface area contributed by atoms with E-state index >= 15 is 0 Å². The van der Waals surface area contributed by atoms with Crippen LogP contribution in [0.15, 0.2) is 0 Å². The number of carbonyl (C=O) groups is 1. The van der Waals surface area contributed by atoms with Gasteiger partial charge < -0.3 is 35.8 Å². The lowest BCUT2D eigenvalue weighted by Gasteiger charge is -2.38. The molecule has 0 bridgehead atoms. The van der Waals surface area contributed by atoms with Gasteiger partial charge in [0.05, 0.1) is 0 Å². The second-order valence-corrected chi connectivity index (χ2v) is 3.50. The van der Waals surface area contributed by atoms with Crippen LogP contribution in [0, 0.1) is 0 Å². The molecule has 0 aliphatic carbocycles. The summed E-state index contributed by atoms with van der Waals surface area (Å²) in [5.41, 5.74) is 0. The van der Waals surface area contributed by atoms with Crippen molar-refractivity contribution >= 4 is 6.03 Å². The van der Waals surface area contributed by atoms with E-state index in [9.17, 15) is 25.2 Å². The van der Waals surface area contributed by atoms with Gasteiger partial charge in [-0.05, 0) is 0 Å². The first-order valence-electron chi connectivity index (χ1n) is 4.80. The molecular weight excluding hydrogens is 220 g/mol. The van der Waals surface area contributed by atoms with Gasteiger partial charge in [-0.2, -0.15) is 0 Å². The molecule has 0 radical (unpaired) electrons. The molecule has 2 amide bonds. The number of hydrogen-bond donors (Lipinski definition) is 6. The molecular formula is C8H16N2O6. The molecule has 0 aromatic rings. The number of nitrogens with one attached hydrogen (secondary N) is 2. The molecule has 1 fully saturated rings. The van der Waals surface area contributed by atoms with Crippen molar-refractivity contribution in [3.05, 3.63) is 0 Å². The van der Waals surface area contributed by atoms with E-state index < -0.39 is 36.7 Å². The van der Waals surface area contributed by atoms with E-state index in [2.05, 4.69) is 10.6 Å². The number of amides is 2. The molecule has 0 saturated carbocycles. The zero-order chi connectivity index (χ0) is 12.3. The summed E-state index contributed by atoms with van der Waals surface area (Å²) in [6.07, 6.45) is -7.03. The Morgan fingerprint density at radius 1 is 1.19 bits per heavy atom. The summed E-state index contributed by atoms with van der Waals surface area (Å²) in [5, 5.41) is 41.8. The third-order valence-corrected chi connectivity index (χ3v) is 2.38. The lowest BCUT2D eigenvalue weighted by molar-refractivity contribution is -0.279. The van der Waals surface area contributed by atoms with Gasteiger partial charge in [-0.15, -0.1) is 0 Å². The lowest BCUT2D eigenvalue weighted by Crippen LogP contribution is -2.60. The van der Waals surface area contributed by atoms with Crippen LogP contribution in [-0.4, -0.2) is 70.8 Å². The zero-order valence-corrected chi connectivity index (χ0v) is 8.70. The van der Waals surface area contributed by atoms with Gasteiger partial charge in [-0.25, -0.2) is 4.79 Å². The van der Waals surface area contributed by atoms with Gasteiger partial charge in [0.1, 0.15) is 24.4 Å². The highest BCUT2D eigenvalue weighted by Gasteiger charge is 2.42. The Kier molecular flexibility index (Phi) is 4.44. The van der Waals surface area contributed by atoms with Crippen molar-refractivity contribution in [2.45, 2.75) is 30.7 Å². The maximum atomic E-state index is 10.9. The Morgan fingerprint density at radius 2 is 1.81 bits per heavy atom. The highest BCUT2D eigenvalue weighted by Crippen LogP contribution is 2.19. The number of rotatable bonds is 2. The van der Waals surface area contributed by atoms with Gasteiger partial charge in [0.25, 0.3) is 0 Å². The van der Waals surface area contributed by atoms with E-state index in [1.807, 2.05) is 0 Å². The van der Waals surface area contributed by atoms with Gasteiger partial charge in [-0.1, -0.05) is 0 Å². The highest BCUT2D eigenvalue weighted by atomic mass is 16.6. The molecule has 0 spiro atoms. The Balaban J connectivity index is 2.50. The van der Waals surface area contributed by atoms with E-state index in [0.717, 1.165) is 0 Å². The molecule has 1 rings (SSSR count). The molecule has 0 aromatic heterocycles. The fourth-order valence-corrected chi connectivity index (χ4v) is 1.38. The SMILES string of the molecule is CNC(=O)NC[C@H]1OC(O)[C@H](O)[C@@H](O)[C@@H]1O. The van der Waals surface area contributed by atoms with Crippen molar-refractivity contribution in [3.8, 4) is 0 Å². The number of carbonyl (C=O) groups excluding carboxylic acids is 1. The zero-order valence-electron chi connectivity index (χ0n) is 8.70. The largest absolute Gasteiger partial charge is 0.388 e. The molecule has 6 N–H and O–H groups in total. The van der Waals surface area contributed by atoms with Gasteiger partial charge >= 0.3 is 6.03 Å². The summed E-state index contributed by atoms with van der Waals surface area (Å²) in [7, 11) is 1.42. The normalized spacial score (nSPS) is 39.2. The highest BCUT2D eigenvalue weighted by molar-refractivity contribution is 5.73. The van der Waals surface area contributed by atoms with Crippen LogP contribution in [-0.2, 0) is 4.74 Å². The van der Waals surface area contributed by atoms with Crippen LogP contribution in [0.3, 0.4) is 0 Å². The molecule has 1 saturated heterocycles. The predicted octanol–water partition coefficient (Wildman–Crippen LogP) is -3.28. The van der Waals surface area contributed by atoms with Gasteiger partial charge in [0.15, 0.2) is 6.29 Å². The lowest BCUT2D eigenvalue weighted by atomic mass is 9.99. The van der Waals surface area contributed by atoms with Crippen molar-refractivity contribution in [2.75, 3.05) is 13.6 Å². The van der Waals surface area contributed by atoms with Gasteiger partial charge in [0, 0.05) is 13.6 Å². The molecule has 1 unspecified atom stereocenters. The standard InChI is InChI=1S/C8H16N2O6/c1-9-8(15)10-2-3-4(11)5(12)6(13)7(14)16-3/h3-7,11-14H,2H2,1H3,(H2,9,10,15)/t3-,4-,5+,6-,7?/m1/s1. The summed E-state index contributed by atoms with van der Waals surface area (Å²) in [6, 6.07) is -0.481. The van der Waals surface area contributed by atoms with Crippen LogP contribution in [0.2, 0.25) is 0 Å². The first-order chi connectivity index (χ1) is 7.47. The minimum Gasteiger partial charge on any atom is -0.388 e. The molecule has 0 aromatic carbocycles. The van der Waals surface area contributed by atoms with Gasteiger partial charge in [0.2, 0.25) is 0 Å². The Bertz CT molecular complexity index is 251. The second-order valence-electron chi connectivity index (χ2n) is 3.50. The summed E-state index contributed by atoms with van der Waals surface area (Å²) in [4.78, 5) is 10.9. The van der Waals surface area contributed by atoms with Crippen molar-refractivity contribution in [1.29, 1.82) is 0 Å². The van der Waals surface area contributed by atoms with Crippen LogP contribution >= 0.6 is 0 Å². The maximum absolute atomic E-state index is 10.9. The Labute approximate surface area is 91.8 Å². The first kappa shape index (κ1) is 13.1. The Morgan fingerprint density at radius 3 is 2.38 bits per heavy atom. The van der Waals surface area contributed by atoms with E-state index in [1.54, 1.807) is 0 Å². The number of urea groups is 1.